The molecule has 0 aliphatic carbocycles. The lowest BCUT2D eigenvalue weighted by Crippen LogP contribution is -2.25. The van der Waals surface area contributed by atoms with Crippen LogP contribution in [0.4, 0.5) is 5.82 Å². The number of anilines is 1. The van der Waals surface area contributed by atoms with Gasteiger partial charge in [0.1, 0.15) is 5.82 Å². The molecule has 1 aliphatic rings. The molecule has 3 heterocycles. The molecule has 0 spiro atoms. The summed E-state index contributed by atoms with van der Waals surface area (Å²) in [6.07, 6.45) is 1.90. The van der Waals surface area contributed by atoms with Crippen molar-refractivity contribution in [2.45, 2.75) is 26.2 Å². The maximum absolute atomic E-state index is 12.7. The second-order valence-corrected chi connectivity index (χ2v) is 8.19. The summed E-state index contributed by atoms with van der Waals surface area (Å²) in [5, 5.41) is 16.0. The monoisotopic (exact) mass is 456 g/mol. The molecule has 2 aromatic heterocycles. The number of nitrogens with one attached hydrogen (secondary N) is 1. The van der Waals surface area contributed by atoms with Crippen LogP contribution in [0.25, 0.3) is 17.2 Å². The Balaban J connectivity index is 1.59. The van der Waals surface area contributed by atoms with Crippen molar-refractivity contribution in [2.24, 2.45) is 0 Å². The zero-order chi connectivity index (χ0) is 23.8. The molecule has 0 fully saturated rings. The number of rotatable bonds is 5. The largest absolute Gasteiger partial charge is 0.493 e. The van der Waals surface area contributed by atoms with Gasteiger partial charge in [0.15, 0.2) is 11.5 Å². The van der Waals surface area contributed by atoms with Gasteiger partial charge in [-0.25, -0.2) is 4.98 Å². The first-order chi connectivity index (χ1) is 16.5. The van der Waals surface area contributed by atoms with Gasteiger partial charge in [0, 0.05) is 23.5 Å². The second kappa shape index (κ2) is 8.58. The van der Waals surface area contributed by atoms with Crippen LogP contribution in [0.1, 0.15) is 34.7 Å². The SMILES string of the molecule is COc1ccc(C2CC(=O)Nc3c2c(C)nn3-c2nncc(-c3ccc(C)cc3)n2)cc1OC. The van der Waals surface area contributed by atoms with Crippen molar-refractivity contribution in [1.29, 1.82) is 0 Å². The molecule has 1 aliphatic heterocycles. The summed E-state index contributed by atoms with van der Waals surface area (Å²) < 4.78 is 12.4. The minimum absolute atomic E-state index is 0.115. The van der Waals surface area contributed by atoms with Gasteiger partial charge in [-0.3, -0.25) is 4.79 Å². The highest BCUT2D eigenvalue weighted by atomic mass is 16.5. The van der Waals surface area contributed by atoms with Crippen molar-refractivity contribution in [3.8, 4) is 28.7 Å². The Kier molecular flexibility index (Phi) is 5.45. The van der Waals surface area contributed by atoms with Crippen LogP contribution in [0.15, 0.2) is 48.7 Å². The molecule has 2 aromatic carbocycles. The zero-order valence-corrected chi connectivity index (χ0v) is 19.4. The van der Waals surface area contributed by atoms with Gasteiger partial charge < -0.3 is 14.8 Å². The standard InChI is InChI=1S/C25H24N6O3/c1-14-5-7-16(8-6-14)19-13-26-29-25(27-19)31-24-23(15(2)30-31)18(12-22(32)28-24)17-9-10-20(33-3)21(11-17)34-4/h5-11,13,18H,12H2,1-4H3,(H,28,32). The van der Waals surface area contributed by atoms with Gasteiger partial charge in [-0.15, -0.1) is 5.10 Å². The normalized spacial score (nSPS) is 14.9. The molecule has 1 atom stereocenters. The molecule has 9 nitrogen and oxygen atoms in total. The first-order valence-electron chi connectivity index (χ1n) is 10.9. The number of fused-ring (bicyclic) bond motifs is 1. The van der Waals surface area contributed by atoms with Crippen LogP contribution in [0.3, 0.4) is 0 Å². The summed E-state index contributed by atoms with van der Waals surface area (Å²) in [6, 6.07) is 13.7. The summed E-state index contributed by atoms with van der Waals surface area (Å²) in [5.74, 6) is 1.76. The molecule has 1 amide bonds. The fourth-order valence-corrected chi connectivity index (χ4v) is 4.29. The van der Waals surface area contributed by atoms with Gasteiger partial charge in [-0.2, -0.15) is 14.9 Å². The topological polar surface area (TPSA) is 104 Å². The van der Waals surface area contributed by atoms with Gasteiger partial charge in [0.05, 0.1) is 31.8 Å². The zero-order valence-electron chi connectivity index (χ0n) is 19.4. The number of methoxy groups -OCH3 is 2. The second-order valence-electron chi connectivity index (χ2n) is 8.19. The molecule has 34 heavy (non-hydrogen) atoms. The Morgan fingerprint density at radius 3 is 2.53 bits per heavy atom. The predicted octanol–water partition coefficient (Wildman–Crippen LogP) is 3.83. The van der Waals surface area contributed by atoms with E-state index in [2.05, 4.69) is 25.6 Å². The van der Waals surface area contributed by atoms with E-state index in [0.29, 0.717) is 23.0 Å². The van der Waals surface area contributed by atoms with E-state index < -0.39 is 0 Å². The third kappa shape index (κ3) is 3.75. The van der Waals surface area contributed by atoms with Crippen molar-refractivity contribution in [3.63, 3.8) is 0 Å². The Morgan fingerprint density at radius 1 is 1.03 bits per heavy atom. The van der Waals surface area contributed by atoms with Crippen LogP contribution in [0, 0.1) is 13.8 Å². The Hall–Kier alpha value is -4.27. The summed E-state index contributed by atoms with van der Waals surface area (Å²) in [6.45, 7) is 3.95. The fourth-order valence-electron chi connectivity index (χ4n) is 4.29. The summed E-state index contributed by atoms with van der Waals surface area (Å²) in [7, 11) is 3.19. The maximum Gasteiger partial charge on any atom is 0.272 e. The highest BCUT2D eigenvalue weighted by Gasteiger charge is 2.33. The fraction of sp³-hybridized carbons (Fsp3) is 0.240. The van der Waals surface area contributed by atoms with Gasteiger partial charge in [0.25, 0.3) is 5.95 Å². The lowest BCUT2D eigenvalue weighted by atomic mass is 9.85. The first kappa shape index (κ1) is 21.6. The Labute approximate surface area is 196 Å². The molecular weight excluding hydrogens is 432 g/mol. The van der Waals surface area contributed by atoms with Crippen molar-refractivity contribution in [2.75, 3.05) is 19.5 Å². The van der Waals surface area contributed by atoms with Crippen molar-refractivity contribution < 1.29 is 14.3 Å². The third-order valence-electron chi connectivity index (χ3n) is 6.00. The van der Waals surface area contributed by atoms with E-state index in [9.17, 15) is 4.79 Å². The number of carbonyl (C=O) groups is 1. The minimum atomic E-state index is -0.203. The molecule has 5 rings (SSSR count). The van der Waals surface area contributed by atoms with Crippen LogP contribution in [0.5, 0.6) is 11.5 Å². The number of nitrogens with zero attached hydrogens (tertiary/aromatic N) is 5. The number of hydrogen-bond donors (Lipinski definition) is 1. The van der Waals surface area contributed by atoms with Crippen molar-refractivity contribution in [3.05, 3.63) is 71.0 Å². The first-order valence-corrected chi connectivity index (χ1v) is 10.9. The van der Waals surface area contributed by atoms with Crippen molar-refractivity contribution >= 4 is 11.7 Å². The van der Waals surface area contributed by atoms with E-state index in [1.807, 2.05) is 56.3 Å². The minimum Gasteiger partial charge on any atom is -0.493 e. The van der Waals surface area contributed by atoms with E-state index >= 15 is 0 Å². The summed E-state index contributed by atoms with van der Waals surface area (Å²) >= 11 is 0. The molecule has 4 aromatic rings. The smallest absolute Gasteiger partial charge is 0.272 e. The number of ether oxygens (including phenoxy) is 2. The highest BCUT2D eigenvalue weighted by Crippen LogP contribution is 2.42. The van der Waals surface area contributed by atoms with E-state index in [0.717, 1.165) is 27.9 Å². The number of amides is 1. The molecule has 0 saturated carbocycles. The van der Waals surface area contributed by atoms with Crippen LogP contribution in [0.2, 0.25) is 0 Å². The van der Waals surface area contributed by atoms with Gasteiger partial charge in [-0.05, 0) is 31.5 Å². The molecule has 0 bridgehead atoms. The van der Waals surface area contributed by atoms with E-state index in [1.165, 1.54) is 0 Å². The van der Waals surface area contributed by atoms with Crippen LogP contribution in [-0.2, 0) is 4.79 Å². The lowest BCUT2D eigenvalue weighted by Gasteiger charge is -2.24. The number of aryl methyl sites for hydroxylation is 2. The Morgan fingerprint density at radius 2 is 1.79 bits per heavy atom. The van der Waals surface area contributed by atoms with Crippen molar-refractivity contribution in [1.82, 2.24) is 25.0 Å². The van der Waals surface area contributed by atoms with Crippen LogP contribution >= 0.6 is 0 Å². The quantitative estimate of drug-likeness (QED) is 0.487. The maximum atomic E-state index is 12.7. The predicted molar refractivity (Wildman–Crippen MR) is 126 cm³/mol. The molecule has 0 saturated heterocycles. The molecule has 9 heteroatoms. The third-order valence-corrected chi connectivity index (χ3v) is 6.00. The van der Waals surface area contributed by atoms with Crippen LogP contribution < -0.4 is 14.8 Å². The number of aromatic nitrogens is 5. The lowest BCUT2D eigenvalue weighted by molar-refractivity contribution is -0.116. The number of hydrogen-bond acceptors (Lipinski definition) is 7. The van der Waals surface area contributed by atoms with E-state index in [-0.39, 0.29) is 24.2 Å². The molecular formula is C25H24N6O3. The summed E-state index contributed by atoms with van der Waals surface area (Å²) in [4.78, 5) is 17.4. The van der Waals surface area contributed by atoms with Gasteiger partial charge in [0.2, 0.25) is 5.91 Å². The molecule has 1 N–H and O–H groups in total. The molecule has 172 valence electrons. The van der Waals surface area contributed by atoms with Gasteiger partial charge >= 0.3 is 0 Å². The van der Waals surface area contributed by atoms with Gasteiger partial charge in [-0.1, -0.05) is 35.9 Å². The van der Waals surface area contributed by atoms with E-state index in [4.69, 9.17) is 9.47 Å². The van der Waals surface area contributed by atoms with E-state index in [1.54, 1.807) is 25.1 Å². The average molecular weight is 457 g/mol. The highest BCUT2D eigenvalue weighted by molar-refractivity contribution is 5.95. The van der Waals surface area contributed by atoms with Crippen LogP contribution in [-0.4, -0.2) is 45.1 Å². The molecule has 0 radical (unpaired) electrons. The molecule has 1 unspecified atom stereocenters. The average Bonchev–Trinajstić information content (AvgIpc) is 3.19. The number of benzene rings is 2. The Bertz CT molecular complexity index is 1380. The number of carbonyl (C=O) groups excluding carboxylic acids is 1. The summed E-state index contributed by atoms with van der Waals surface area (Å²) in [5.41, 5.74) is 5.38.